The SMILES string of the molecule is Cc1cc(NC(=O)CN(C)C(=O)c2ccccc2-c2ccccc2C#N)no1. The molecule has 7 nitrogen and oxygen atoms in total. The Morgan fingerprint density at radius 1 is 1.14 bits per heavy atom. The number of nitrogens with one attached hydrogen (secondary N) is 1. The molecule has 3 aromatic rings. The summed E-state index contributed by atoms with van der Waals surface area (Å²) in [6, 6.07) is 17.8. The highest BCUT2D eigenvalue weighted by molar-refractivity contribution is 6.03. The summed E-state index contributed by atoms with van der Waals surface area (Å²) in [5.74, 6) is 0.158. The van der Waals surface area contributed by atoms with E-state index in [-0.39, 0.29) is 18.4 Å². The van der Waals surface area contributed by atoms with Crippen LogP contribution in [-0.2, 0) is 4.79 Å². The number of rotatable bonds is 5. The minimum absolute atomic E-state index is 0.154. The zero-order valence-corrected chi connectivity index (χ0v) is 15.5. The molecule has 0 unspecified atom stereocenters. The van der Waals surface area contributed by atoms with Crippen molar-refractivity contribution in [1.82, 2.24) is 10.1 Å². The van der Waals surface area contributed by atoms with Gasteiger partial charge in [0.1, 0.15) is 5.76 Å². The van der Waals surface area contributed by atoms with Crippen LogP contribution in [0.2, 0.25) is 0 Å². The summed E-state index contributed by atoms with van der Waals surface area (Å²) in [7, 11) is 1.54. The van der Waals surface area contributed by atoms with Crippen LogP contribution in [-0.4, -0.2) is 35.5 Å². The van der Waals surface area contributed by atoms with Crippen LogP contribution in [0.15, 0.2) is 59.1 Å². The van der Waals surface area contributed by atoms with Crippen molar-refractivity contribution in [3.63, 3.8) is 0 Å². The molecule has 0 saturated heterocycles. The van der Waals surface area contributed by atoms with Gasteiger partial charge in [-0.3, -0.25) is 9.59 Å². The van der Waals surface area contributed by atoms with Crippen LogP contribution < -0.4 is 5.32 Å². The van der Waals surface area contributed by atoms with Crippen molar-refractivity contribution in [2.45, 2.75) is 6.92 Å². The van der Waals surface area contributed by atoms with Crippen LogP contribution in [0.25, 0.3) is 11.1 Å². The summed E-state index contributed by atoms with van der Waals surface area (Å²) in [5, 5.41) is 15.6. The molecule has 0 atom stereocenters. The van der Waals surface area contributed by atoms with Gasteiger partial charge in [0, 0.05) is 24.2 Å². The third-order valence-corrected chi connectivity index (χ3v) is 4.12. The van der Waals surface area contributed by atoms with Gasteiger partial charge in [-0.1, -0.05) is 41.6 Å². The summed E-state index contributed by atoms with van der Waals surface area (Å²) >= 11 is 0. The lowest BCUT2D eigenvalue weighted by molar-refractivity contribution is -0.116. The van der Waals surface area contributed by atoms with Gasteiger partial charge < -0.3 is 14.7 Å². The van der Waals surface area contributed by atoms with Gasteiger partial charge in [-0.05, 0) is 24.6 Å². The Kier molecular flexibility index (Phi) is 5.51. The molecular weight excluding hydrogens is 356 g/mol. The number of hydrogen-bond acceptors (Lipinski definition) is 5. The Morgan fingerprint density at radius 2 is 1.82 bits per heavy atom. The van der Waals surface area contributed by atoms with Gasteiger partial charge in [0.2, 0.25) is 5.91 Å². The number of likely N-dealkylation sites (N-methyl/N-ethyl adjacent to an activating group) is 1. The second-order valence-corrected chi connectivity index (χ2v) is 6.24. The quantitative estimate of drug-likeness (QED) is 0.739. The maximum atomic E-state index is 13.0. The molecule has 0 aliphatic heterocycles. The number of nitrogens with zero attached hydrogens (tertiary/aromatic N) is 3. The summed E-state index contributed by atoms with van der Waals surface area (Å²) < 4.78 is 4.90. The fraction of sp³-hybridized carbons (Fsp3) is 0.143. The molecule has 0 fully saturated rings. The van der Waals surface area contributed by atoms with E-state index in [0.29, 0.717) is 33.8 Å². The summed E-state index contributed by atoms with van der Waals surface area (Å²) in [4.78, 5) is 26.5. The number of amides is 2. The Balaban J connectivity index is 1.81. The highest BCUT2D eigenvalue weighted by atomic mass is 16.5. The van der Waals surface area contributed by atoms with E-state index in [1.165, 1.54) is 4.90 Å². The molecule has 0 radical (unpaired) electrons. The van der Waals surface area contributed by atoms with Crippen molar-refractivity contribution >= 4 is 17.6 Å². The first-order valence-electron chi connectivity index (χ1n) is 8.56. The molecular formula is C21H18N4O3. The lowest BCUT2D eigenvalue weighted by Crippen LogP contribution is -2.35. The van der Waals surface area contributed by atoms with Gasteiger partial charge in [-0.25, -0.2) is 0 Å². The number of aromatic nitrogens is 1. The predicted octanol–water partition coefficient (Wildman–Crippen LogP) is 3.23. The average molecular weight is 374 g/mol. The normalized spacial score (nSPS) is 10.2. The Bertz CT molecular complexity index is 1070. The molecule has 1 aromatic heterocycles. The number of benzene rings is 2. The fourth-order valence-electron chi connectivity index (χ4n) is 2.82. The molecule has 0 saturated carbocycles. The molecule has 0 spiro atoms. The second-order valence-electron chi connectivity index (χ2n) is 6.24. The molecule has 7 heteroatoms. The number of anilines is 1. The molecule has 0 aliphatic rings. The first-order chi connectivity index (χ1) is 13.5. The van der Waals surface area contributed by atoms with Crippen LogP contribution in [0.4, 0.5) is 5.82 Å². The van der Waals surface area contributed by atoms with E-state index in [1.807, 2.05) is 6.07 Å². The monoisotopic (exact) mass is 374 g/mol. The fourth-order valence-corrected chi connectivity index (χ4v) is 2.82. The summed E-state index contributed by atoms with van der Waals surface area (Å²) in [5.41, 5.74) is 2.20. The zero-order valence-electron chi connectivity index (χ0n) is 15.5. The lowest BCUT2D eigenvalue weighted by Gasteiger charge is -2.19. The molecule has 1 heterocycles. The number of hydrogen-bond donors (Lipinski definition) is 1. The third-order valence-electron chi connectivity index (χ3n) is 4.12. The lowest BCUT2D eigenvalue weighted by atomic mass is 9.95. The highest BCUT2D eigenvalue weighted by Gasteiger charge is 2.20. The minimum Gasteiger partial charge on any atom is -0.360 e. The number of carbonyl (C=O) groups excluding carboxylic acids is 2. The molecule has 140 valence electrons. The van der Waals surface area contributed by atoms with Gasteiger partial charge in [-0.15, -0.1) is 0 Å². The van der Waals surface area contributed by atoms with Gasteiger partial charge >= 0.3 is 0 Å². The van der Waals surface area contributed by atoms with E-state index in [9.17, 15) is 14.9 Å². The molecule has 2 amide bonds. The third kappa shape index (κ3) is 4.07. The van der Waals surface area contributed by atoms with Crippen molar-refractivity contribution in [2.75, 3.05) is 18.9 Å². The van der Waals surface area contributed by atoms with E-state index < -0.39 is 0 Å². The maximum absolute atomic E-state index is 13.0. The van der Waals surface area contributed by atoms with Crippen molar-refractivity contribution in [1.29, 1.82) is 5.26 Å². The van der Waals surface area contributed by atoms with Crippen LogP contribution in [0.1, 0.15) is 21.7 Å². The number of carbonyl (C=O) groups is 2. The largest absolute Gasteiger partial charge is 0.360 e. The Morgan fingerprint density at radius 3 is 2.50 bits per heavy atom. The van der Waals surface area contributed by atoms with Crippen molar-refractivity contribution < 1.29 is 14.1 Å². The van der Waals surface area contributed by atoms with Gasteiger partial charge in [0.15, 0.2) is 5.82 Å². The van der Waals surface area contributed by atoms with E-state index in [0.717, 1.165) is 0 Å². The van der Waals surface area contributed by atoms with Gasteiger partial charge in [0.25, 0.3) is 5.91 Å². The molecule has 0 aliphatic carbocycles. The Labute approximate surface area is 162 Å². The van der Waals surface area contributed by atoms with E-state index in [1.54, 1.807) is 62.5 Å². The first-order valence-corrected chi connectivity index (χ1v) is 8.56. The second kappa shape index (κ2) is 8.18. The van der Waals surface area contributed by atoms with Crippen molar-refractivity contribution in [3.05, 3.63) is 71.5 Å². The maximum Gasteiger partial charge on any atom is 0.254 e. The van der Waals surface area contributed by atoms with Crippen LogP contribution >= 0.6 is 0 Å². The van der Waals surface area contributed by atoms with Gasteiger partial charge in [-0.2, -0.15) is 5.26 Å². The van der Waals surface area contributed by atoms with Crippen LogP contribution in [0.5, 0.6) is 0 Å². The molecule has 28 heavy (non-hydrogen) atoms. The van der Waals surface area contributed by atoms with Gasteiger partial charge in [0.05, 0.1) is 18.2 Å². The van der Waals surface area contributed by atoms with Crippen molar-refractivity contribution in [3.8, 4) is 17.2 Å². The number of nitriles is 1. The van der Waals surface area contributed by atoms with E-state index >= 15 is 0 Å². The van der Waals surface area contributed by atoms with Crippen LogP contribution in [0.3, 0.4) is 0 Å². The molecule has 2 aromatic carbocycles. The summed E-state index contributed by atoms with van der Waals surface area (Å²) in [6.45, 7) is 1.56. The summed E-state index contributed by atoms with van der Waals surface area (Å²) in [6.07, 6.45) is 0. The molecule has 0 bridgehead atoms. The smallest absolute Gasteiger partial charge is 0.254 e. The van der Waals surface area contributed by atoms with E-state index in [2.05, 4.69) is 16.5 Å². The minimum atomic E-state index is -0.390. The van der Waals surface area contributed by atoms with Crippen LogP contribution in [0, 0.1) is 18.3 Å². The predicted molar refractivity (Wildman–Crippen MR) is 103 cm³/mol. The van der Waals surface area contributed by atoms with Crippen molar-refractivity contribution in [2.24, 2.45) is 0 Å². The average Bonchev–Trinajstić information content (AvgIpc) is 3.11. The van der Waals surface area contributed by atoms with E-state index in [4.69, 9.17) is 4.52 Å². The molecule has 3 rings (SSSR count). The highest BCUT2D eigenvalue weighted by Crippen LogP contribution is 2.27. The first kappa shape index (κ1) is 18.9. The topological polar surface area (TPSA) is 99.2 Å². The Hall–Kier alpha value is -3.92. The number of aryl methyl sites for hydroxylation is 1. The molecule has 1 N–H and O–H groups in total. The standard InChI is InChI=1S/C21H18N4O3/c1-14-11-19(24-28-14)23-20(26)13-25(2)21(27)18-10-6-5-9-17(18)16-8-4-3-7-15(16)12-22/h3-11H,13H2,1-2H3,(H,23,24,26). The zero-order chi connectivity index (χ0) is 20.1.